The summed E-state index contributed by atoms with van der Waals surface area (Å²) in [4.78, 5) is 19.1. The van der Waals surface area contributed by atoms with Crippen LogP contribution < -0.4 is 10.2 Å². The molecule has 1 aliphatic rings. The van der Waals surface area contributed by atoms with Gasteiger partial charge in [-0.1, -0.05) is 35.9 Å². The molecule has 3 aromatic rings. The molecule has 1 aromatic heterocycles. The summed E-state index contributed by atoms with van der Waals surface area (Å²) in [5.41, 5.74) is 3.97. The van der Waals surface area contributed by atoms with Crippen molar-refractivity contribution in [2.45, 2.75) is 13.1 Å². The first kappa shape index (κ1) is 15.7. The third kappa shape index (κ3) is 2.75. The molecule has 0 saturated heterocycles. The number of para-hydroxylation sites is 1. The number of amides is 1. The zero-order valence-electron chi connectivity index (χ0n) is 13.6. The third-order valence-electron chi connectivity index (χ3n) is 4.26. The van der Waals surface area contributed by atoms with E-state index in [0.717, 1.165) is 16.9 Å². The number of rotatable bonds is 3. The summed E-state index contributed by atoms with van der Waals surface area (Å²) < 4.78 is 0. The Bertz CT molecular complexity index is 943. The third-order valence-corrected chi connectivity index (χ3v) is 4.57. The Morgan fingerprint density at radius 1 is 1.08 bits per heavy atom. The summed E-state index contributed by atoms with van der Waals surface area (Å²) in [7, 11) is 0. The highest BCUT2D eigenvalue weighted by molar-refractivity contribution is 6.33. The summed E-state index contributed by atoms with van der Waals surface area (Å²) in [6, 6.07) is 19.0. The predicted octanol–water partition coefficient (Wildman–Crippen LogP) is 4.81. The summed E-state index contributed by atoms with van der Waals surface area (Å²) in [6.45, 7) is 1.99. The normalized spacial score (nSPS) is 16.0. The molecule has 25 heavy (non-hydrogen) atoms. The molecule has 4 nitrogen and oxygen atoms in total. The standard InChI is InChI=1S/C20H16ClN3O/c1-13-9-10-17(16(21)12-13)23-19-18-15(8-5-11-22-18)20(25)24(19)14-6-3-2-4-7-14/h2-12,19,23H,1H3/t19-/m1/s1. The number of nitrogens with one attached hydrogen (secondary N) is 1. The Labute approximate surface area is 151 Å². The lowest BCUT2D eigenvalue weighted by atomic mass is 10.2. The van der Waals surface area contributed by atoms with E-state index >= 15 is 0 Å². The molecule has 124 valence electrons. The minimum Gasteiger partial charge on any atom is -0.359 e. The summed E-state index contributed by atoms with van der Waals surface area (Å²) in [5, 5.41) is 4.00. The van der Waals surface area contributed by atoms with E-state index < -0.39 is 6.17 Å². The molecule has 5 heteroatoms. The van der Waals surface area contributed by atoms with Crippen molar-refractivity contribution in [3.05, 3.63) is 88.7 Å². The van der Waals surface area contributed by atoms with Gasteiger partial charge in [0.2, 0.25) is 0 Å². The average molecular weight is 350 g/mol. The summed E-state index contributed by atoms with van der Waals surface area (Å²) in [6.07, 6.45) is 1.29. The molecular formula is C20H16ClN3O. The van der Waals surface area contributed by atoms with E-state index in [2.05, 4.69) is 10.3 Å². The van der Waals surface area contributed by atoms with E-state index in [1.54, 1.807) is 23.2 Å². The van der Waals surface area contributed by atoms with E-state index in [0.29, 0.717) is 16.3 Å². The van der Waals surface area contributed by atoms with E-state index in [-0.39, 0.29) is 5.91 Å². The van der Waals surface area contributed by atoms with Crippen LogP contribution in [0, 0.1) is 6.92 Å². The first-order chi connectivity index (χ1) is 12.1. The number of carbonyl (C=O) groups excluding carboxylic acids is 1. The van der Waals surface area contributed by atoms with Gasteiger partial charge in [0.1, 0.15) is 0 Å². The molecule has 2 heterocycles. The van der Waals surface area contributed by atoms with Crippen LogP contribution in [0.2, 0.25) is 5.02 Å². The van der Waals surface area contributed by atoms with Crippen LogP contribution in [-0.4, -0.2) is 10.9 Å². The Balaban J connectivity index is 1.80. The Kier molecular flexibility index (Phi) is 3.90. The lowest BCUT2D eigenvalue weighted by molar-refractivity contribution is 0.0993. The topological polar surface area (TPSA) is 45.2 Å². The number of halogens is 1. The van der Waals surface area contributed by atoms with Crippen LogP contribution in [-0.2, 0) is 0 Å². The van der Waals surface area contributed by atoms with E-state index in [9.17, 15) is 4.79 Å². The number of pyridine rings is 1. The maximum absolute atomic E-state index is 12.9. The maximum atomic E-state index is 12.9. The van der Waals surface area contributed by atoms with Crippen molar-refractivity contribution in [2.75, 3.05) is 10.2 Å². The largest absolute Gasteiger partial charge is 0.359 e. The maximum Gasteiger partial charge on any atom is 0.262 e. The quantitative estimate of drug-likeness (QED) is 0.737. The molecule has 0 aliphatic carbocycles. The number of benzene rings is 2. The van der Waals surface area contributed by atoms with Gasteiger partial charge < -0.3 is 5.32 Å². The number of hydrogen-bond donors (Lipinski definition) is 1. The molecule has 0 unspecified atom stereocenters. The van der Waals surface area contributed by atoms with Crippen molar-refractivity contribution < 1.29 is 4.79 Å². The predicted molar refractivity (Wildman–Crippen MR) is 100 cm³/mol. The van der Waals surface area contributed by atoms with Gasteiger partial charge in [0.05, 0.1) is 22.0 Å². The Hall–Kier alpha value is -2.85. The van der Waals surface area contributed by atoms with Gasteiger partial charge in [-0.2, -0.15) is 0 Å². The van der Waals surface area contributed by atoms with E-state index in [4.69, 9.17) is 11.6 Å². The molecule has 0 bridgehead atoms. The molecule has 0 radical (unpaired) electrons. The monoisotopic (exact) mass is 349 g/mol. The van der Waals surface area contributed by atoms with Crippen LogP contribution >= 0.6 is 11.6 Å². The molecular weight excluding hydrogens is 334 g/mol. The number of aromatic nitrogens is 1. The number of fused-ring (bicyclic) bond motifs is 1. The zero-order valence-corrected chi connectivity index (χ0v) is 14.4. The second-order valence-electron chi connectivity index (χ2n) is 5.98. The molecule has 1 amide bonds. The average Bonchev–Trinajstić information content (AvgIpc) is 2.91. The van der Waals surface area contributed by atoms with Crippen LogP contribution in [0.15, 0.2) is 66.9 Å². The highest BCUT2D eigenvalue weighted by Crippen LogP contribution is 2.38. The number of nitrogens with zero attached hydrogens (tertiary/aromatic N) is 2. The van der Waals surface area contributed by atoms with Crippen LogP contribution in [0.4, 0.5) is 11.4 Å². The number of carbonyl (C=O) groups is 1. The number of aryl methyl sites for hydroxylation is 1. The lowest BCUT2D eigenvalue weighted by Gasteiger charge is -2.27. The second kappa shape index (κ2) is 6.22. The van der Waals surface area contributed by atoms with Crippen molar-refractivity contribution >= 4 is 28.9 Å². The summed E-state index contributed by atoms with van der Waals surface area (Å²) >= 11 is 6.38. The highest BCUT2D eigenvalue weighted by atomic mass is 35.5. The van der Waals surface area contributed by atoms with Crippen molar-refractivity contribution in [1.82, 2.24) is 4.98 Å². The first-order valence-electron chi connectivity index (χ1n) is 8.01. The van der Waals surface area contributed by atoms with Gasteiger partial charge in [-0.25, -0.2) is 0 Å². The molecule has 4 rings (SSSR count). The number of hydrogen-bond acceptors (Lipinski definition) is 3. The van der Waals surface area contributed by atoms with Gasteiger partial charge in [-0.3, -0.25) is 14.7 Å². The SMILES string of the molecule is Cc1ccc(N[C@H]2c3ncccc3C(=O)N2c2ccccc2)c(Cl)c1. The van der Waals surface area contributed by atoms with Crippen molar-refractivity contribution in [2.24, 2.45) is 0 Å². The van der Waals surface area contributed by atoms with Gasteiger partial charge in [0.15, 0.2) is 6.17 Å². The molecule has 1 N–H and O–H groups in total. The molecule has 0 saturated carbocycles. The van der Waals surface area contributed by atoms with Crippen LogP contribution in [0.25, 0.3) is 0 Å². The van der Waals surface area contributed by atoms with Crippen molar-refractivity contribution in [1.29, 1.82) is 0 Å². The van der Waals surface area contributed by atoms with Gasteiger partial charge in [-0.15, -0.1) is 0 Å². The van der Waals surface area contributed by atoms with Crippen LogP contribution in [0.3, 0.4) is 0 Å². The minimum absolute atomic E-state index is 0.0740. The molecule has 0 spiro atoms. The lowest BCUT2D eigenvalue weighted by Crippen LogP contribution is -2.32. The van der Waals surface area contributed by atoms with Gasteiger partial charge in [0.25, 0.3) is 5.91 Å². The first-order valence-corrected chi connectivity index (χ1v) is 8.39. The smallest absolute Gasteiger partial charge is 0.262 e. The molecule has 2 aromatic carbocycles. The molecule has 0 fully saturated rings. The van der Waals surface area contributed by atoms with Crippen LogP contribution in [0.1, 0.15) is 27.8 Å². The molecule has 1 atom stereocenters. The fourth-order valence-electron chi connectivity index (χ4n) is 3.06. The second-order valence-corrected chi connectivity index (χ2v) is 6.38. The fraction of sp³-hybridized carbons (Fsp3) is 0.100. The fourth-order valence-corrected chi connectivity index (χ4v) is 3.35. The van der Waals surface area contributed by atoms with E-state index in [1.165, 1.54) is 0 Å². The van der Waals surface area contributed by atoms with Crippen molar-refractivity contribution in [3.63, 3.8) is 0 Å². The minimum atomic E-state index is -0.411. The van der Waals surface area contributed by atoms with Gasteiger partial charge in [-0.05, 0) is 48.9 Å². The van der Waals surface area contributed by atoms with Crippen molar-refractivity contribution in [3.8, 4) is 0 Å². The Morgan fingerprint density at radius 2 is 1.88 bits per heavy atom. The van der Waals surface area contributed by atoms with Crippen LogP contribution in [0.5, 0.6) is 0 Å². The number of anilines is 2. The summed E-state index contributed by atoms with van der Waals surface area (Å²) in [5.74, 6) is -0.0740. The van der Waals surface area contributed by atoms with E-state index in [1.807, 2.05) is 55.5 Å². The highest BCUT2D eigenvalue weighted by Gasteiger charge is 2.39. The van der Waals surface area contributed by atoms with Gasteiger partial charge >= 0.3 is 0 Å². The Morgan fingerprint density at radius 3 is 2.64 bits per heavy atom. The van der Waals surface area contributed by atoms with Gasteiger partial charge in [0, 0.05) is 11.9 Å². The zero-order chi connectivity index (χ0) is 17.4. The molecule has 1 aliphatic heterocycles.